The average Bonchev–Trinajstić information content (AvgIpc) is 4.08. The fraction of sp³-hybridized carbons (Fsp3) is 0.0400. The molecule has 8 aromatic rings. The van der Waals surface area contributed by atoms with E-state index in [0.717, 1.165) is 89.3 Å². The van der Waals surface area contributed by atoms with Crippen LogP contribution in [-0.2, 0) is 0 Å². The highest BCUT2D eigenvalue weighted by molar-refractivity contribution is 5.97. The van der Waals surface area contributed by atoms with Gasteiger partial charge in [0.25, 0.3) is 0 Å². The lowest BCUT2D eigenvalue weighted by Gasteiger charge is -2.21. The number of hydrogen-bond acceptors (Lipinski definition) is 4. The van der Waals surface area contributed by atoms with Gasteiger partial charge in [0.2, 0.25) is 0 Å². The van der Waals surface area contributed by atoms with Crippen LogP contribution >= 0.6 is 0 Å². The van der Waals surface area contributed by atoms with Crippen LogP contribution in [0.5, 0.6) is 0 Å². The summed E-state index contributed by atoms with van der Waals surface area (Å²) >= 11 is 0. The van der Waals surface area contributed by atoms with Crippen LogP contribution in [0.1, 0.15) is 34.9 Å². The molecule has 3 aromatic heterocycles. The zero-order valence-electron chi connectivity index (χ0n) is 30.4. The average molecular weight is 724 g/mol. The number of aliphatic hydroxyl groups is 1. The lowest BCUT2D eigenvalue weighted by atomic mass is 9.95. The van der Waals surface area contributed by atoms with Gasteiger partial charge in [-0.05, 0) is 70.8 Å². The molecule has 0 saturated heterocycles. The number of H-pyrrole nitrogens is 2. The lowest BCUT2D eigenvalue weighted by Crippen LogP contribution is -2.16. The summed E-state index contributed by atoms with van der Waals surface area (Å²) in [5.41, 5.74) is 15.2. The smallest absolute Gasteiger partial charge is 0.122 e. The van der Waals surface area contributed by atoms with Crippen molar-refractivity contribution in [3.05, 3.63) is 199 Å². The molecule has 0 amide bonds. The molecular formula is C50H37N5O. The lowest BCUT2D eigenvalue weighted by molar-refractivity contribution is 0.162. The molecule has 4 N–H and O–H groups in total. The van der Waals surface area contributed by atoms with E-state index >= 15 is 0 Å². The first-order chi connectivity index (χ1) is 27.7. The second-order valence-electron chi connectivity index (χ2n) is 14.1. The number of nitrogens with one attached hydrogen (secondary N) is 3. The Labute approximate surface area is 324 Å². The molecule has 2 aliphatic heterocycles. The van der Waals surface area contributed by atoms with E-state index in [-0.39, 0.29) is 0 Å². The van der Waals surface area contributed by atoms with Crippen molar-refractivity contribution in [3.63, 3.8) is 0 Å². The van der Waals surface area contributed by atoms with E-state index in [1.807, 2.05) is 78.9 Å². The zero-order valence-corrected chi connectivity index (χ0v) is 30.4. The Morgan fingerprint density at radius 2 is 0.750 bits per heavy atom. The van der Waals surface area contributed by atoms with Crippen LogP contribution in [0.25, 0.3) is 78.7 Å². The van der Waals surface area contributed by atoms with Gasteiger partial charge in [0.05, 0.1) is 22.8 Å². The molecule has 0 aliphatic carbocycles. The van der Waals surface area contributed by atoms with Crippen LogP contribution in [0.15, 0.2) is 176 Å². The molecule has 0 fully saturated rings. The van der Waals surface area contributed by atoms with Gasteiger partial charge in [-0.3, -0.25) is 4.98 Å². The first-order valence-corrected chi connectivity index (χ1v) is 18.9. The highest BCUT2D eigenvalue weighted by atomic mass is 16.3. The van der Waals surface area contributed by atoms with Crippen molar-refractivity contribution in [2.45, 2.75) is 12.1 Å². The maximum Gasteiger partial charge on any atom is 0.122 e. The van der Waals surface area contributed by atoms with E-state index in [9.17, 15) is 5.11 Å². The molecule has 8 bridgehead atoms. The van der Waals surface area contributed by atoms with Crippen molar-refractivity contribution in [3.8, 4) is 44.5 Å². The largest absolute Gasteiger partial charge is 0.384 e. The summed E-state index contributed by atoms with van der Waals surface area (Å²) in [6, 6.07) is 59.2. The predicted octanol–water partition coefficient (Wildman–Crippen LogP) is 12.0. The number of fused-ring (bicyclic) bond motifs is 8. The third-order valence-electron chi connectivity index (χ3n) is 10.6. The van der Waals surface area contributed by atoms with Crippen LogP contribution in [-0.4, -0.2) is 25.0 Å². The Bertz CT molecular complexity index is 2880. The Kier molecular flexibility index (Phi) is 8.43. The summed E-state index contributed by atoms with van der Waals surface area (Å²) in [6.07, 6.45) is 3.22. The van der Waals surface area contributed by atoms with Gasteiger partial charge >= 0.3 is 0 Å². The van der Waals surface area contributed by atoms with E-state index in [2.05, 4.69) is 124 Å². The molecule has 0 spiro atoms. The van der Waals surface area contributed by atoms with Crippen molar-refractivity contribution in [2.24, 2.45) is 0 Å². The fourth-order valence-electron chi connectivity index (χ4n) is 8.05. The number of para-hydroxylation sites is 1. The zero-order chi connectivity index (χ0) is 37.4. The van der Waals surface area contributed by atoms with E-state index in [1.54, 1.807) is 0 Å². The minimum atomic E-state index is -1.00. The molecule has 5 aromatic carbocycles. The highest BCUT2D eigenvalue weighted by Gasteiger charge is 2.36. The van der Waals surface area contributed by atoms with E-state index in [4.69, 9.17) is 9.97 Å². The quantitative estimate of drug-likeness (QED) is 0.137. The van der Waals surface area contributed by atoms with E-state index < -0.39 is 12.1 Å². The third-order valence-corrected chi connectivity index (χ3v) is 10.6. The van der Waals surface area contributed by atoms with Gasteiger partial charge in [-0.2, -0.15) is 0 Å². The Balaban J connectivity index is 1.41. The molecule has 56 heavy (non-hydrogen) atoms. The maximum absolute atomic E-state index is 12.7. The molecule has 268 valence electrons. The Hall–Kier alpha value is -7.28. The molecule has 0 saturated carbocycles. The molecule has 6 heteroatoms. The number of anilines is 1. The molecular weight excluding hydrogens is 687 g/mol. The summed E-state index contributed by atoms with van der Waals surface area (Å²) < 4.78 is 0. The van der Waals surface area contributed by atoms with Gasteiger partial charge in [0.15, 0.2) is 0 Å². The first-order valence-electron chi connectivity index (χ1n) is 18.9. The first kappa shape index (κ1) is 33.3. The van der Waals surface area contributed by atoms with Crippen LogP contribution in [0.2, 0.25) is 0 Å². The van der Waals surface area contributed by atoms with Crippen molar-refractivity contribution < 1.29 is 5.11 Å². The Morgan fingerprint density at radius 1 is 0.393 bits per heavy atom. The van der Waals surface area contributed by atoms with E-state index in [0.29, 0.717) is 5.69 Å². The van der Waals surface area contributed by atoms with Crippen LogP contribution < -0.4 is 5.32 Å². The summed E-state index contributed by atoms with van der Waals surface area (Å²) in [7, 11) is 0. The molecule has 10 rings (SSSR count). The van der Waals surface area contributed by atoms with Crippen molar-refractivity contribution in [2.75, 3.05) is 5.32 Å². The fourth-order valence-corrected chi connectivity index (χ4v) is 8.05. The monoisotopic (exact) mass is 723 g/mol. The van der Waals surface area contributed by atoms with Gasteiger partial charge in [-0.1, -0.05) is 140 Å². The second-order valence-corrected chi connectivity index (χ2v) is 14.1. The standard InChI is InChI=1S/C50H37N5O/c56-50-48-46(35-22-12-4-13-23-35)42-31-29-40(54-42)44(33-18-8-2-9-19-33)38-27-26-37(52-38)43(32-16-6-1-7-17-32)39-28-30-41(53-39)45(34-20-10-3-11-21-34)47(55-48)49(50)51-36-24-14-5-15-25-36/h1-31,49-51,53-54,56H/t49-,50-/m1/s1. The highest BCUT2D eigenvalue weighted by Crippen LogP contribution is 2.45. The summed E-state index contributed by atoms with van der Waals surface area (Å²) in [5.74, 6) is 0. The topological polar surface area (TPSA) is 89.6 Å². The number of rotatable bonds is 6. The molecule has 5 heterocycles. The van der Waals surface area contributed by atoms with Crippen molar-refractivity contribution >= 4 is 39.9 Å². The SMILES string of the molecule is O[C@@H]1c2nc(c(-c3ccccc3)c3ccc([nH]3)c(-c3ccccc3)c3nc(c(-c4ccccc4)c4ccc([nH]4)c2-c2ccccc2)C=C3)[C@H]1Nc1ccccc1. The number of benzene rings is 5. The van der Waals surface area contributed by atoms with Crippen molar-refractivity contribution in [1.29, 1.82) is 0 Å². The number of aromatic nitrogens is 4. The molecule has 0 unspecified atom stereocenters. The van der Waals surface area contributed by atoms with Gasteiger partial charge in [0.1, 0.15) is 12.1 Å². The summed E-state index contributed by atoms with van der Waals surface area (Å²) in [6.45, 7) is 0. The minimum absolute atomic E-state index is 0.576. The van der Waals surface area contributed by atoms with Gasteiger partial charge in [0, 0.05) is 50.0 Å². The maximum atomic E-state index is 12.7. The number of aromatic amines is 2. The van der Waals surface area contributed by atoms with Crippen LogP contribution in [0, 0.1) is 0 Å². The van der Waals surface area contributed by atoms with Gasteiger partial charge < -0.3 is 20.4 Å². The van der Waals surface area contributed by atoms with Crippen molar-refractivity contribution in [1.82, 2.24) is 19.9 Å². The summed E-state index contributed by atoms with van der Waals surface area (Å²) in [4.78, 5) is 18.5. The predicted molar refractivity (Wildman–Crippen MR) is 229 cm³/mol. The number of aliphatic hydroxyl groups excluding tert-OH is 1. The number of nitrogens with zero attached hydrogens (tertiary/aromatic N) is 2. The summed E-state index contributed by atoms with van der Waals surface area (Å²) in [5, 5.41) is 16.4. The third kappa shape index (κ3) is 5.99. The van der Waals surface area contributed by atoms with E-state index in [1.165, 1.54) is 0 Å². The second kappa shape index (κ2) is 14.2. The van der Waals surface area contributed by atoms with Crippen LogP contribution in [0.3, 0.4) is 0 Å². The molecule has 6 nitrogen and oxygen atoms in total. The molecule has 2 aliphatic rings. The Morgan fingerprint density at radius 3 is 1.18 bits per heavy atom. The van der Waals surface area contributed by atoms with Gasteiger partial charge in [-0.15, -0.1) is 0 Å². The minimum Gasteiger partial charge on any atom is -0.384 e. The van der Waals surface area contributed by atoms with Gasteiger partial charge in [-0.25, -0.2) is 4.98 Å². The number of hydrogen-bond donors (Lipinski definition) is 4. The molecule has 2 atom stereocenters. The van der Waals surface area contributed by atoms with Crippen LogP contribution in [0.4, 0.5) is 5.69 Å². The molecule has 0 radical (unpaired) electrons. The normalized spacial score (nSPS) is 14.8.